The van der Waals surface area contributed by atoms with Crippen molar-refractivity contribution in [3.05, 3.63) is 0 Å². The minimum atomic E-state index is -0.778. The first-order chi connectivity index (χ1) is 7.04. The fourth-order valence-electron chi connectivity index (χ4n) is 1.33. The van der Waals surface area contributed by atoms with Gasteiger partial charge in [-0.25, -0.2) is 4.79 Å². The van der Waals surface area contributed by atoms with Crippen molar-refractivity contribution in [1.82, 2.24) is 4.90 Å². The lowest BCUT2D eigenvalue weighted by Crippen LogP contribution is -2.42. The Bertz CT molecular complexity index is 214. The normalized spacial score (nSPS) is 10.2. The van der Waals surface area contributed by atoms with Crippen molar-refractivity contribution in [2.75, 3.05) is 13.7 Å². The molecule has 0 aliphatic carbocycles. The number of ether oxygens (including phenoxy) is 1. The number of rotatable bonds is 5. The Hall–Kier alpha value is -1.06. The Balaban J connectivity index is 4.26. The molecule has 0 N–H and O–H groups in total. The van der Waals surface area contributed by atoms with Gasteiger partial charge in [-0.05, 0) is 20.3 Å². The summed E-state index contributed by atoms with van der Waals surface area (Å²) < 4.78 is 4.42. The summed E-state index contributed by atoms with van der Waals surface area (Å²) in [6.07, 6.45) is 3.09. The summed E-state index contributed by atoms with van der Waals surface area (Å²) in [6.45, 7) is 6.51. The van der Waals surface area contributed by atoms with Crippen LogP contribution in [0.4, 0.5) is 0 Å². The molecule has 0 unspecified atom stereocenters. The maximum Gasteiger partial charge on any atom is 0.396 e. The third-order valence-corrected chi connectivity index (χ3v) is 2.25. The van der Waals surface area contributed by atoms with Crippen LogP contribution in [0.25, 0.3) is 0 Å². The van der Waals surface area contributed by atoms with Crippen LogP contribution in [-0.2, 0) is 14.3 Å². The zero-order valence-corrected chi connectivity index (χ0v) is 10.1. The molecule has 1 amide bonds. The maximum atomic E-state index is 11.6. The van der Waals surface area contributed by atoms with E-state index in [9.17, 15) is 9.59 Å². The van der Waals surface area contributed by atoms with Crippen molar-refractivity contribution in [2.45, 2.75) is 46.1 Å². The van der Waals surface area contributed by atoms with E-state index in [1.54, 1.807) is 4.90 Å². The van der Waals surface area contributed by atoms with E-state index in [-0.39, 0.29) is 6.04 Å². The summed E-state index contributed by atoms with van der Waals surface area (Å²) in [7, 11) is 1.23. The minimum absolute atomic E-state index is 0.0356. The smallest absolute Gasteiger partial charge is 0.396 e. The number of unbranched alkanes of at least 4 members (excludes halogenated alkanes) is 2. The molecule has 0 spiro atoms. The number of methoxy groups -OCH3 is 1. The second kappa shape index (κ2) is 7.26. The molecule has 0 rings (SSSR count). The summed E-state index contributed by atoms with van der Waals surface area (Å²) in [5.41, 5.74) is 0. The lowest BCUT2D eigenvalue weighted by Gasteiger charge is -2.25. The van der Waals surface area contributed by atoms with Gasteiger partial charge in [0.25, 0.3) is 0 Å². The van der Waals surface area contributed by atoms with Crippen LogP contribution in [0.2, 0.25) is 0 Å². The Morgan fingerprint density at radius 1 is 1.27 bits per heavy atom. The number of nitrogens with zero attached hydrogens (tertiary/aromatic N) is 1. The summed E-state index contributed by atoms with van der Waals surface area (Å²) in [5.74, 6) is -1.32. The number of carbonyl (C=O) groups is 2. The largest absolute Gasteiger partial charge is 0.462 e. The summed E-state index contributed by atoms with van der Waals surface area (Å²) in [6, 6.07) is 0.0356. The van der Waals surface area contributed by atoms with Crippen molar-refractivity contribution in [3.8, 4) is 0 Å². The van der Waals surface area contributed by atoms with E-state index < -0.39 is 11.9 Å². The molecule has 0 atom stereocenters. The van der Waals surface area contributed by atoms with Gasteiger partial charge >= 0.3 is 11.9 Å². The van der Waals surface area contributed by atoms with Crippen molar-refractivity contribution in [3.63, 3.8) is 0 Å². The topological polar surface area (TPSA) is 46.6 Å². The van der Waals surface area contributed by atoms with Gasteiger partial charge in [-0.15, -0.1) is 0 Å². The number of hydrogen-bond acceptors (Lipinski definition) is 3. The van der Waals surface area contributed by atoms with Crippen molar-refractivity contribution >= 4 is 11.9 Å². The highest BCUT2D eigenvalue weighted by molar-refractivity contribution is 6.32. The Morgan fingerprint density at radius 2 is 1.87 bits per heavy atom. The van der Waals surface area contributed by atoms with Crippen LogP contribution in [-0.4, -0.2) is 36.5 Å². The number of amides is 1. The average Bonchev–Trinajstić information content (AvgIpc) is 2.22. The Kier molecular flexibility index (Phi) is 6.75. The summed E-state index contributed by atoms with van der Waals surface area (Å²) in [5, 5.41) is 0. The van der Waals surface area contributed by atoms with Crippen LogP contribution in [0.3, 0.4) is 0 Å². The molecule has 15 heavy (non-hydrogen) atoms. The van der Waals surface area contributed by atoms with Crippen LogP contribution in [0.15, 0.2) is 0 Å². The standard InChI is InChI=1S/C11H21NO3/c1-5-6-7-8-12(9(2)3)10(13)11(14)15-4/h9H,5-8H2,1-4H3. The van der Waals surface area contributed by atoms with Crippen LogP contribution >= 0.6 is 0 Å². The molecule has 0 aromatic carbocycles. The predicted molar refractivity (Wildman–Crippen MR) is 58.4 cm³/mol. The van der Waals surface area contributed by atoms with E-state index >= 15 is 0 Å². The SMILES string of the molecule is CCCCCN(C(=O)C(=O)OC)C(C)C. The molecule has 0 aliphatic heterocycles. The third kappa shape index (κ3) is 4.81. The second-order valence-electron chi connectivity index (χ2n) is 3.79. The van der Waals surface area contributed by atoms with Crippen molar-refractivity contribution < 1.29 is 14.3 Å². The second-order valence-corrected chi connectivity index (χ2v) is 3.79. The first-order valence-electron chi connectivity index (χ1n) is 5.43. The molecule has 0 saturated carbocycles. The zero-order chi connectivity index (χ0) is 11.8. The number of carbonyl (C=O) groups excluding carboxylic acids is 2. The van der Waals surface area contributed by atoms with Crippen molar-refractivity contribution in [2.24, 2.45) is 0 Å². The Labute approximate surface area is 91.6 Å². The molecule has 0 aliphatic rings. The highest BCUT2D eigenvalue weighted by Crippen LogP contribution is 2.04. The van der Waals surface area contributed by atoms with E-state index in [2.05, 4.69) is 11.7 Å². The maximum absolute atomic E-state index is 11.6. The molecule has 0 fully saturated rings. The third-order valence-electron chi connectivity index (χ3n) is 2.25. The molecule has 0 saturated heterocycles. The van der Waals surface area contributed by atoms with E-state index in [0.29, 0.717) is 6.54 Å². The van der Waals surface area contributed by atoms with Gasteiger partial charge in [0.15, 0.2) is 0 Å². The van der Waals surface area contributed by atoms with Gasteiger partial charge in [0.05, 0.1) is 7.11 Å². The molecule has 0 aromatic rings. The van der Waals surface area contributed by atoms with Gasteiger partial charge in [0, 0.05) is 12.6 Å². The molecule has 88 valence electrons. The molecule has 0 heterocycles. The van der Waals surface area contributed by atoms with Crippen LogP contribution < -0.4 is 0 Å². The highest BCUT2D eigenvalue weighted by Gasteiger charge is 2.23. The highest BCUT2D eigenvalue weighted by atomic mass is 16.5. The minimum Gasteiger partial charge on any atom is -0.462 e. The Morgan fingerprint density at radius 3 is 2.27 bits per heavy atom. The van der Waals surface area contributed by atoms with E-state index in [1.165, 1.54) is 7.11 Å². The summed E-state index contributed by atoms with van der Waals surface area (Å²) >= 11 is 0. The fourth-order valence-corrected chi connectivity index (χ4v) is 1.33. The van der Waals surface area contributed by atoms with Crippen LogP contribution in [0.1, 0.15) is 40.0 Å². The van der Waals surface area contributed by atoms with E-state index in [0.717, 1.165) is 19.3 Å². The molecule has 0 aromatic heterocycles. The average molecular weight is 215 g/mol. The lowest BCUT2D eigenvalue weighted by atomic mass is 10.2. The molecule has 0 radical (unpaired) electrons. The van der Waals surface area contributed by atoms with Gasteiger partial charge in [-0.3, -0.25) is 4.79 Å². The van der Waals surface area contributed by atoms with Crippen LogP contribution in [0.5, 0.6) is 0 Å². The predicted octanol–water partition coefficient (Wildman–Crippen LogP) is 1.59. The molecule has 0 bridgehead atoms. The summed E-state index contributed by atoms with van der Waals surface area (Å²) in [4.78, 5) is 24.2. The van der Waals surface area contributed by atoms with Crippen LogP contribution in [0, 0.1) is 0 Å². The number of hydrogen-bond donors (Lipinski definition) is 0. The monoisotopic (exact) mass is 215 g/mol. The van der Waals surface area contributed by atoms with Gasteiger partial charge in [0.2, 0.25) is 0 Å². The van der Waals surface area contributed by atoms with Gasteiger partial charge < -0.3 is 9.64 Å². The molecule has 4 heteroatoms. The quantitative estimate of drug-likeness (QED) is 0.397. The van der Waals surface area contributed by atoms with E-state index in [1.807, 2.05) is 13.8 Å². The fraction of sp³-hybridized carbons (Fsp3) is 0.818. The molecular formula is C11H21NO3. The van der Waals surface area contributed by atoms with Gasteiger partial charge in [-0.1, -0.05) is 19.8 Å². The zero-order valence-electron chi connectivity index (χ0n) is 10.1. The first-order valence-corrected chi connectivity index (χ1v) is 5.43. The number of esters is 1. The van der Waals surface area contributed by atoms with E-state index in [4.69, 9.17) is 0 Å². The first kappa shape index (κ1) is 13.9. The molecule has 4 nitrogen and oxygen atoms in total. The van der Waals surface area contributed by atoms with Gasteiger partial charge in [-0.2, -0.15) is 0 Å². The van der Waals surface area contributed by atoms with Gasteiger partial charge in [0.1, 0.15) is 0 Å². The molecular weight excluding hydrogens is 194 g/mol. The lowest BCUT2D eigenvalue weighted by molar-refractivity contribution is -0.159. The van der Waals surface area contributed by atoms with Crippen molar-refractivity contribution in [1.29, 1.82) is 0 Å².